The normalized spacial score (nSPS) is 10.3. The second-order valence-electron chi connectivity index (χ2n) is 4.21. The predicted molar refractivity (Wildman–Crippen MR) is 75.5 cm³/mol. The lowest BCUT2D eigenvalue weighted by Gasteiger charge is -2.12. The Hall–Kier alpha value is -2.21. The Bertz CT molecular complexity index is 537. The molecule has 2 heterocycles. The minimum Gasteiger partial charge on any atom is -0.366 e. The largest absolute Gasteiger partial charge is 0.366 e. The summed E-state index contributed by atoms with van der Waals surface area (Å²) in [6.45, 7) is 4.68. The second-order valence-corrected chi connectivity index (χ2v) is 4.21. The first-order valence-corrected chi connectivity index (χ1v) is 6.20. The molecule has 0 aliphatic heterocycles. The van der Waals surface area contributed by atoms with Crippen molar-refractivity contribution in [2.45, 2.75) is 26.8 Å². The monoisotopic (exact) mass is 258 g/mol. The molecule has 0 fully saturated rings. The Labute approximate surface area is 112 Å². The molecule has 0 unspecified atom stereocenters. The molecule has 0 saturated heterocycles. The molecule has 0 aliphatic rings. The van der Waals surface area contributed by atoms with E-state index in [9.17, 15) is 0 Å². The number of nitrogens with one attached hydrogen (secondary N) is 2. The lowest BCUT2D eigenvalue weighted by atomic mass is 10.2. The Morgan fingerprint density at radius 3 is 2.58 bits per heavy atom. The minimum absolute atomic E-state index is 0.655. The molecule has 0 aromatic carbocycles. The third-order valence-corrected chi connectivity index (χ3v) is 2.87. The number of nitrogens with two attached hydrogens (primary N) is 1. The maximum Gasteiger partial charge on any atom is 0.148 e. The van der Waals surface area contributed by atoms with E-state index in [1.165, 1.54) is 6.33 Å². The van der Waals surface area contributed by atoms with Gasteiger partial charge in [-0.3, -0.25) is 4.98 Å². The van der Waals surface area contributed by atoms with E-state index in [0.29, 0.717) is 12.4 Å². The molecule has 0 amide bonds. The van der Waals surface area contributed by atoms with Crippen LogP contribution in [0.25, 0.3) is 0 Å². The van der Waals surface area contributed by atoms with Crippen LogP contribution in [-0.4, -0.2) is 15.0 Å². The number of hydrogen-bond donors (Lipinski definition) is 3. The Kier molecular flexibility index (Phi) is 4.25. The number of hydrogen-bond acceptors (Lipinski definition) is 6. The van der Waals surface area contributed by atoms with Crippen LogP contribution in [0.3, 0.4) is 0 Å². The van der Waals surface area contributed by atoms with Gasteiger partial charge >= 0.3 is 0 Å². The third kappa shape index (κ3) is 3.17. The summed E-state index contributed by atoms with van der Waals surface area (Å²) in [5, 5.41) is 3.29. The molecule has 2 rings (SSSR count). The van der Waals surface area contributed by atoms with Crippen LogP contribution >= 0.6 is 0 Å². The van der Waals surface area contributed by atoms with Crippen LogP contribution in [0.1, 0.15) is 23.7 Å². The van der Waals surface area contributed by atoms with E-state index in [-0.39, 0.29) is 0 Å². The molecule has 100 valence electrons. The van der Waals surface area contributed by atoms with Crippen molar-refractivity contribution < 1.29 is 0 Å². The Morgan fingerprint density at radius 1 is 1.16 bits per heavy atom. The molecule has 2 aromatic rings. The van der Waals surface area contributed by atoms with E-state index in [1.54, 1.807) is 0 Å². The topological polar surface area (TPSA) is 88.8 Å². The van der Waals surface area contributed by atoms with Gasteiger partial charge in [0.25, 0.3) is 0 Å². The predicted octanol–water partition coefficient (Wildman–Crippen LogP) is 1.64. The van der Waals surface area contributed by atoms with Gasteiger partial charge in [0.15, 0.2) is 0 Å². The number of nitrogens with zero attached hydrogens (tertiary/aromatic N) is 3. The van der Waals surface area contributed by atoms with Gasteiger partial charge in [0.1, 0.15) is 18.0 Å². The summed E-state index contributed by atoms with van der Waals surface area (Å²) in [6.07, 6.45) is 4.15. The van der Waals surface area contributed by atoms with Gasteiger partial charge in [-0.2, -0.15) is 0 Å². The zero-order valence-corrected chi connectivity index (χ0v) is 11.1. The van der Waals surface area contributed by atoms with E-state index in [0.717, 1.165) is 29.1 Å². The molecule has 4 N–H and O–H groups in total. The smallest absolute Gasteiger partial charge is 0.148 e. The number of nitrogen functional groups attached to an aromatic ring is 1. The first kappa shape index (κ1) is 13.2. The first-order chi connectivity index (χ1) is 9.24. The summed E-state index contributed by atoms with van der Waals surface area (Å²) < 4.78 is 0. The van der Waals surface area contributed by atoms with Gasteiger partial charge in [-0.15, -0.1) is 0 Å². The number of aromatic nitrogens is 3. The molecular weight excluding hydrogens is 240 g/mol. The highest BCUT2D eigenvalue weighted by Gasteiger charge is 2.08. The fourth-order valence-corrected chi connectivity index (χ4v) is 1.81. The standard InChI is InChI=1S/C13H18N6/c1-3-11-12(17-8-18-13(11)19-14)16-7-10-5-4-9(2)15-6-10/h4-6,8H,3,7,14H2,1-2H3,(H2,16,17,18,19). The zero-order chi connectivity index (χ0) is 13.7. The number of hydrazine groups is 1. The van der Waals surface area contributed by atoms with Crippen molar-refractivity contribution in [3.05, 3.63) is 41.5 Å². The van der Waals surface area contributed by atoms with Gasteiger partial charge in [0.05, 0.1) is 0 Å². The number of rotatable bonds is 5. The van der Waals surface area contributed by atoms with Gasteiger partial charge in [-0.1, -0.05) is 13.0 Å². The summed E-state index contributed by atoms with van der Waals surface area (Å²) in [5.41, 5.74) is 5.68. The molecule has 0 spiro atoms. The van der Waals surface area contributed by atoms with Gasteiger partial charge < -0.3 is 10.7 Å². The Balaban J connectivity index is 2.13. The second kappa shape index (κ2) is 6.10. The average molecular weight is 258 g/mol. The molecule has 0 saturated carbocycles. The van der Waals surface area contributed by atoms with Crippen LogP contribution in [0.2, 0.25) is 0 Å². The maximum atomic E-state index is 5.44. The SMILES string of the molecule is CCc1c(NN)ncnc1NCc1ccc(C)nc1. The fourth-order valence-electron chi connectivity index (χ4n) is 1.81. The third-order valence-electron chi connectivity index (χ3n) is 2.87. The van der Waals surface area contributed by atoms with E-state index < -0.39 is 0 Å². The van der Waals surface area contributed by atoms with Crippen molar-refractivity contribution in [1.82, 2.24) is 15.0 Å². The van der Waals surface area contributed by atoms with Crippen molar-refractivity contribution in [2.24, 2.45) is 5.84 Å². The van der Waals surface area contributed by atoms with E-state index in [4.69, 9.17) is 5.84 Å². The molecule has 6 heteroatoms. The number of anilines is 2. The minimum atomic E-state index is 0.655. The van der Waals surface area contributed by atoms with Crippen molar-refractivity contribution in [3.8, 4) is 0 Å². The van der Waals surface area contributed by atoms with Crippen LogP contribution in [0, 0.1) is 6.92 Å². The molecule has 6 nitrogen and oxygen atoms in total. The van der Waals surface area contributed by atoms with Crippen LogP contribution in [0.4, 0.5) is 11.6 Å². The summed E-state index contributed by atoms with van der Waals surface area (Å²) in [4.78, 5) is 12.6. The van der Waals surface area contributed by atoms with E-state index in [1.807, 2.05) is 32.2 Å². The van der Waals surface area contributed by atoms with E-state index in [2.05, 4.69) is 25.7 Å². The highest BCUT2D eigenvalue weighted by Crippen LogP contribution is 2.19. The maximum absolute atomic E-state index is 5.44. The molecular formula is C13H18N6. The molecule has 0 bridgehead atoms. The quantitative estimate of drug-likeness (QED) is 0.558. The fraction of sp³-hybridized carbons (Fsp3) is 0.308. The average Bonchev–Trinajstić information content (AvgIpc) is 2.46. The summed E-state index contributed by atoms with van der Waals surface area (Å²) in [5.74, 6) is 6.89. The van der Waals surface area contributed by atoms with E-state index >= 15 is 0 Å². The lowest BCUT2D eigenvalue weighted by Crippen LogP contribution is -2.14. The number of aryl methyl sites for hydroxylation is 1. The molecule has 2 aromatic heterocycles. The van der Waals surface area contributed by atoms with Crippen LogP contribution in [-0.2, 0) is 13.0 Å². The molecule has 0 radical (unpaired) electrons. The highest BCUT2D eigenvalue weighted by atomic mass is 15.3. The van der Waals surface area contributed by atoms with Crippen LogP contribution < -0.4 is 16.6 Å². The van der Waals surface area contributed by atoms with Crippen molar-refractivity contribution in [2.75, 3.05) is 10.7 Å². The zero-order valence-electron chi connectivity index (χ0n) is 11.1. The van der Waals surface area contributed by atoms with Gasteiger partial charge in [-0.25, -0.2) is 15.8 Å². The molecule has 0 aliphatic carbocycles. The lowest BCUT2D eigenvalue weighted by molar-refractivity contribution is 0.998. The highest BCUT2D eigenvalue weighted by molar-refractivity contribution is 5.56. The van der Waals surface area contributed by atoms with Crippen LogP contribution in [0.5, 0.6) is 0 Å². The van der Waals surface area contributed by atoms with Gasteiger partial charge in [0, 0.05) is 24.0 Å². The summed E-state index contributed by atoms with van der Waals surface area (Å²) in [7, 11) is 0. The Morgan fingerprint density at radius 2 is 1.95 bits per heavy atom. The number of pyridine rings is 1. The van der Waals surface area contributed by atoms with Crippen LogP contribution in [0.15, 0.2) is 24.7 Å². The van der Waals surface area contributed by atoms with Crippen molar-refractivity contribution in [1.29, 1.82) is 0 Å². The summed E-state index contributed by atoms with van der Waals surface area (Å²) >= 11 is 0. The van der Waals surface area contributed by atoms with Gasteiger partial charge in [-0.05, 0) is 25.0 Å². The molecule has 19 heavy (non-hydrogen) atoms. The molecule has 0 atom stereocenters. The van der Waals surface area contributed by atoms with Gasteiger partial charge in [0.2, 0.25) is 0 Å². The van der Waals surface area contributed by atoms with Crippen molar-refractivity contribution in [3.63, 3.8) is 0 Å². The van der Waals surface area contributed by atoms with Crippen molar-refractivity contribution >= 4 is 11.6 Å². The first-order valence-electron chi connectivity index (χ1n) is 6.20. The summed E-state index contributed by atoms with van der Waals surface area (Å²) in [6, 6.07) is 4.04.